The summed E-state index contributed by atoms with van der Waals surface area (Å²) >= 11 is 1.82. The summed E-state index contributed by atoms with van der Waals surface area (Å²) in [5.41, 5.74) is 2.06. The van der Waals surface area contributed by atoms with Crippen molar-refractivity contribution in [2.24, 2.45) is 5.41 Å². The third-order valence-electron chi connectivity index (χ3n) is 4.76. The van der Waals surface area contributed by atoms with Crippen molar-refractivity contribution in [1.82, 2.24) is 15.2 Å². The first-order valence-corrected chi connectivity index (χ1v) is 8.73. The Morgan fingerprint density at radius 2 is 2.00 bits per heavy atom. The minimum atomic E-state index is 0. The molecule has 3 rings (SSSR count). The van der Waals surface area contributed by atoms with Crippen molar-refractivity contribution in [2.75, 3.05) is 26.2 Å². The van der Waals surface area contributed by atoms with Crippen LogP contribution >= 0.6 is 23.7 Å². The molecule has 0 aromatic carbocycles. The summed E-state index contributed by atoms with van der Waals surface area (Å²) in [5, 5.41) is 7.02. The predicted octanol–water partition coefficient (Wildman–Crippen LogP) is 3.44. The lowest BCUT2D eigenvalue weighted by Gasteiger charge is -2.33. The number of rotatable bonds is 2. The summed E-state index contributed by atoms with van der Waals surface area (Å²) in [5.74, 6) is 0. The van der Waals surface area contributed by atoms with E-state index in [1.165, 1.54) is 56.1 Å². The second kappa shape index (κ2) is 6.53. The second-order valence-electron chi connectivity index (χ2n) is 7.60. The minimum Gasteiger partial charge on any atom is -0.317 e. The van der Waals surface area contributed by atoms with E-state index >= 15 is 0 Å². The Hall–Kier alpha value is -0.160. The molecule has 0 saturated carbocycles. The van der Waals surface area contributed by atoms with Gasteiger partial charge in [0, 0.05) is 23.9 Å². The number of likely N-dealkylation sites (tertiary alicyclic amines) is 1. The molecule has 1 aromatic heterocycles. The molecule has 0 atom stereocenters. The normalized spacial score (nSPS) is 22.4. The fourth-order valence-electron chi connectivity index (χ4n) is 3.48. The number of piperidine rings is 1. The zero-order valence-electron chi connectivity index (χ0n) is 13.4. The van der Waals surface area contributed by atoms with Crippen LogP contribution in [0.3, 0.4) is 0 Å². The maximum atomic E-state index is 4.84. The lowest BCUT2D eigenvalue weighted by atomic mass is 9.78. The van der Waals surface area contributed by atoms with E-state index < -0.39 is 0 Å². The van der Waals surface area contributed by atoms with Gasteiger partial charge in [-0.25, -0.2) is 4.98 Å². The third-order valence-corrected chi connectivity index (χ3v) is 6.08. The van der Waals surface area contributed by atoms with Crippen LogP contribution in [0.15, 0.2) is 5.38 Å². The van der Waals surface area contributed by atoms with Gasteiger partial charge in [-0.1, -0.05) is 20.8 Å². The van der Waals surface area contributed by atoms with Crippen LogP contribution in [0.1, 0.15) is 50.7 Å². The molecule has 1 N–H and O–H groups in total. The van der Waals surface area contributed by atoms with E-state index in [9.17, 15) is 0 Å². The fourth-order valence-corrected chi connectivity index (χ4v) is 4.38. The first-order valence-electron chi connectivity index (χ1n) is 7.85. The van der Waals surface area contributed by atoms with Crippen LogP contribution in [0.25, 0.3) is 0 Å². The van der Waals surface area contributed by atoms with Crippen molar-refractivity contribution in [3.8, 4) is 0 Å². The molecular formula is C16H28ClN3S. The Labute approximate surface area is 138 Å². The van der Waals surface area contributed by atoms with Gasteiger partial charge in [-0.2, -0.15) is 0 Å². The van der Waals surface area contributed by atoms with E-state index in [-0.39, 0.29) is 17.8 Å². The predicted molar refractivity (Wildman–Crippen MR) is 92.5 cm³/mol. The smallest absolute Gasteiger partial charge is 0.0982 e. The quantitative estimate of drug-likeness (QED) is 0.901. The maximum Gasteiger partial charge on any atom is 0.0982 e. The van der Waals surface area contributed by atoms with Gasteiger partial charge in [-0.15, -0.1) is 23.7 Å². The number of hydrogen-bond acceptors (Lipinski definition) is 4. The van der Waals surface area contributed by atoms with Crippen molar-refractivity contribution in [1.29, 1.82) is 0 Å². The van der Waals surface area contributed by atoms with Gasteiger partial charge < -0.3 is 5.32 Å². The Balaban J connectivity index is 0.00000161. The van der Waals surface area contributed by atoms with Gasteiger partial charge in [0.25, 0.3) is 0 Å². The molecular weight excluding hydrogens is 302 g/mol. The molecule has 2 saturated heterocycles. The number of halogens is 1. The number of nitrogens with zero attached hydrogens (tertiary/aromatic N) is 2. The monoisotopic (exact) mass is 329 g/mol. The molecule has 0 amide bonds. The molecule has 2 aliphatic rings. The van der Waals surface area contributed by atoms with Crippen molar-refractivity contribution < 1.29 is 0 Å². The highest BCUT2D eigenvalue weighted by molar-refractivity contribution is 7.09. The van der Waals surface area contributed by atoms with E-state index in [0.29, 0.717) is 5.41 Å². The summed E-state index contributed by atoms with van der Waals surface area (Å²) in [6.07, 6.45) is 4.09. The Morgan fingerprint density at radius 3 is 2.62 bits per heavy atom. The molecule has 5 heteroatoms. The van der Waals surface area contributed by atoms with E-state index in [1.807, 2.05) is 11.3 Å². The largest absolute Gasteiger partial charge is 0.317 e. The van der Waals surface area contributed by atoms with Crippen molar-refractivity contribution >= 4 is 23.7 Å². The molecule has 3 heterocycles. The molecule has 3 nitrogen and oxygen atoms in total. The van der Waals surface area contributed by atoms with Crippen LogP contribution < -0.4 is 5.32 Å². The highest BCUT2D eigenvalue weighted by atomic mass is 35.5. The number of hydrogen-bond donors (Lipinski definition) is 1. The molecule has 21 heavy (non-hydrogen) atoms. The van der Waals surface area contributed by atoms with Gasteiger partial charge >= 0.3 is 0 Å². The van der Waals surface area contributed by atoms with Crippen molar-refractivity contribution in [2.45, 2.75) is 52.0 Å². The average molecular weight is 330 g/mol. The lowest BCUT2D eigenvalue weighted by molar-refractivity contribution is 0.193. The molecule has 120 valence electrons. The standard InChI is InChI=1S/C16H27N3S.ClH/c1-15(2,3)14-18-13(11-20-14)10-19-9-6-16(12-19)4-7-17-8-5-16;/h11,17H,4-10,12H2,1-3H3;1H. The van der Waals surface area contributed by atoms with E-state index in [2.05, 4.69) is 36.4 Å². The van der Waals surface area contributed by atoms with Gasteiger partial charge in [0.15, 0.2) is 0 Å². The van der Waals surface area contributed by atoms with Crippen LogP contribution in [0.2, 0.25) is 0 Å². The van der Waals surface area contributed by atoms with Crippen LogP contribution in [-0.4, -0.2) is 36.1 Å². The van der Waals surface area contributed by atoms with Crippen LogP contribution in [0.4, 0.5) is 0 Å². The van der Waals surface area contributed by atoms with E-state index in [0.717, 1.165) is 6.54 Å². The van der Waals surface area contributed by atoms with E-state index in [1.54, 1.807) is 0 Å². The van der Waals surface area contributed by atoms with Crippen LogP contribution in [0.5, 0.6) is 0 Å². The highest BCUT2D eigenvalue weighted by Crippen LogP contribution is 2.39. The third kappa shape index (κ3) is 3.98. The van der Waals surface area contributed by atoms with Gasteiger partial charge in [-0.05, 0) is 44.3 Å². The second-order valence-corrected chi connectivity index (χ2v) is 8.46. The molecule has 1 spiro atoms. The molecule has 2 aliphatic heterocycles. The topological polar surface area (TPSA) is 28.2 Å². The Morgan fingerprint density at radius 1 is 1.29 bits per heavy atom. The number of nitrogens with one attached hydrogen (secondary N) is 1. The summed E-state index contributed by atoms with van der Waals surface area (Å²) in [6, 6.07) is 0. The summed E-state index contributed by atoms with van der Waals surface area (Å²) in [6.45, 7) is 12.7. The number of aromatic nitrogens is 1. The molecule has 0 unspecified atom stereocenters. The zero-order valence-corrected chi connectivity index (χ0v) is 15.1. The molecule has 0 radical (unpaired) electrons. The van der Waals surface area contributed by atoms with Crippen LogP contribution in [0, 0.1) is 5.41 Å². The average Bonchev–Trinajstić information content (AvgIpc) is 2.99. The van der Waals surface area contributed by atoms with Gasteiger partial charge in [0.05, 0.1) is 10.7 Å². The van der Waals surface area contributed by atoms with Crippen molar-refractivity contribution in [3.05, 3.63) is 16.1 Å². The summed E-state index contributed by atoms with van der Waals surface area (Å²) in [4.78, 5) is 7.46. The summed E-state index contributed by atoms with van der Waals surface area (Å²) < 4.78 is 0. The summed E-state index contributed by atoms with van der Waals surface area (Å²) in [7, 11) is 0. The number of thiazole rings is 1. The Bertz CT molecular complexity index is 460. The molecule has 0 bridgehead atoms. The molecule has 0 aliphatic carbocycles. The van der Waals surface area contributed by atoms with Gasteiger partial charge in [0.1, 0.15) is 0 Å². The van der Waals surface area contributed by atoms with Crippen LogP contribution in [-0.2, 0) is 12.0 Å². The Kier molecular flexibility index (Phi) is 5.35. The first-order chi connectivity index (χ1) is 9.47. The zero-order chi connectivity index (χ0) is 14.2. The molecule has 1 aromatic rings. The highest BCUT2D eigenvalue weighted by Gasteiger charge is 2.38. The maximum absolute atomic E-state index is 4.84. The van der Waals surface area contributed by atoms with Crippen molar-refractivity contribution in [3.63, 3.8) is 0 Å². The van der Waals surface area contributed by atoms with Gasteiger partial charge in [0.2, 0.25) is 0 Å². The molecule has 2 fully saturated rings. The van der Waals surface area contributed by atoms with Gasteiger partial charge in [-0.3, -0.25) is 4.90 Å². The minimum absolute atomic E-state index is 0. The fraction of sp³-hybridized carbons (Fsp3) is 0.812. The van der Waals surface area contributed by atoms with E-state index in [4.69, 9.17) is 4.98 Å². The SMILES string of the molecule is CC(C)(C)c1nc(CN2CCC3(CCNCC3)C2)cs1.Cl. The first kappa shape index (κ1) is 17.2. The lowest BCUT2D eigenvalue weighted by Crippen LogP contribution is -2.38.